The highest BCUT2D eigenvalue weighted by molar-refractivity contribution is 5.75. The largest absolute Gasteiger partial charge is 0.481 e. The van der Waals surface area contributed by atoms with E-state index in [0.29, 0.717) is 5.56 Å². The van der Waals surface area contributed by atoms with Crippen molar-refractivity contribution >= 4 is 12.1 Å². The molecule has 0 radical (unpaired) electrons. The molecule has 1 amide bonds. The molecule has 2 aromatic carbocycles. The number of carbonyl (C=O) groups excluding carboxylic acids is 1. The molecule has 120 valence electrons. The van der Waals surface area contributed by atoms with Crippen LogP contribution in [0.1, 0.15) is 29.5 Å². The van der Waals surface area contributed by atoms with Gasteiger partial charge in [0, 0.05) is 6.54 Å². The lowest BCUT2D eigenvalue weighted by Crippen LogP contribution is -2.23. The van der Waals surface area contributed by atoms with Crippen molar-refractivity contribution in [2.45, 2.75) is 26.0 Å². The number of carbonyl (C=O) groups is 2. The Bertz CT molecular complexity index is 670. The topological polar surface area (TPSA) is 75.6 Å². The van der Waals surface area contributed by atoms with Gasteiger partial charge >= 0.3 is 12.1 Å². The third kappa shape index (κ3) is 5.14. The maximum Gasteiger partial charge on any atom is 0.407 e. The Morgan fingerprint density at radius 2 is 1.78 bits per heavy atom. The second-order valence-corrected chi connectivity index (χ2v) is 5.22. The monoisotopic (exact) mass is 313 g/mol. The maximum atomic E-state index is 11.7. The average molecular weight is 313 g/mol. The number of benzene rings is 2. The summed E-state index contributed by atoms with van der Waals surface area (Å²) in [7, 11) is 0. The van der Waals surface area contributed by atoms with Gasteiger partial charge in [-0.3, -0.25) is 4.79 Å². The van der Waals surface area contributed by atoms with E-state index in [1.165, 1.54) is 0 Å². The molecule has 0 saturated carbocycles. The first kappa shape index (κ1) is 16.5. The molecule has 5 nitrogen and oxygen atoms in total. The molecule has 0 aromatic heterocycles. The van der Waals surface area contributed by atoms with Crippen LogP contribution in [0.15, 0.2) is 54.6 Å². The van der Waals surface area contributed by atoms with Crippen molar-refractivity contribution in [1.29, 1.82) is 0 Å². The van der Waals surface area contributed by atoms with Crippen molar-refractivity contribution in [3.05, 3.63) is 71.3 Å². The Kier molecular flexibility index (Phi) is 5.74. The molecule has 0 aliphatic rings. The zero-order chi connectivity index (χ0) is 16.7. The van der Waals surface area contributed by atoms with Gasteiger partial charge in [0.2, 0.25) is 0 Å². The summed E-state index contributed by atoms with van der Waals surface area (Å²) < 4.78 is 5.12. The summed E-state index contributed by atoms with van der Waals surface area (Å²) >= 11 is 0. The van der Waals surface area contributed by atoms with Crippen LogP contribution in [0.2, 0.25) is 0 Å². The smallest absolute Gasteiger partial charge is 0.407 e. The minimum Gasteiger partial charge on any atom is -0.481 e. The summed E-state index contributed by atoms with van der Waals surface area (Å²) in [6.45, 7) is 2.12. The van der Waals surface area contributed by atoms with Crippen molar-refractivity contribution in [2.75, 3.05) is 0 Å². The minimum absolute atomic E-state index is 0.211. The van der Waals surface area contributed by atoms with E-state index in [4.69, 9.17) is 9.84 Å². The number of alkyl carbamates (subject to hydrolysis) is 1. The molecule has 0 aliphatic carbocycles. The van der Waals surface area contributed by atoms with Crippen LogP contribution in [-0.2, 0) is 22.7 Å². The number of ether oxygens (including phenoxy) is 1. The van der Waals surface area contributed by atoms with Crippen molar-refractivity contribution < 1.29 is 19.4 Å². The standard InChI is InChI=1S/C18H19NO4/c1-13(17(20)21)16-9-5-8-15(10-16)11-19-18(22)23-12-14-6-3-2-4-7-14/h2-10,13H,11-12H2,1H3,(H,19,22)(H,20,21). The van der Waals surface area contributed by atoms with Gasteiger partial charge in [-0.15, -0.1) is 0 Å². The summed E-state index contributed by atoms with van der Waals surface area (Å²) in [5, 5.41) is 11.7. The van der Waals surface area contributed by atoms with Gasteiger partial charge in [-0.25, -0.2) is 4.79 Å². The first-order valence-electron chi connectivity index (χ1n) is 7.32. The quantitative estimate of drug-likeness (QED) is 0.858. The maximum absolute atomic E-state index is 11.7. The molecule has 1 atom stereocenters. The van der Waals surface area contributed by atoms with Crippen LogP contribution in [0.5, 0.6) is 0 Å². The first-order valence-corrected chi connectivity index (χ1v) is 7.32. The molecule has 0 aliphatic heterocycles. The zero-order valence-corrected chi connectivity index (χ0v) is 12.9. The molecule has 0 heterocycles. The molecule has 5 heteroatoms. The molecular formula is C18H19NO4. The predicted octanol–water partition coefficient (Wildman–Crippen LogP) is 3.30. The molecule has 1 unspecified atom stereocenters. The van der Waals surface area contributed by atoms with Gasteiger partial charge in [0.05, 0.1) is 5.92 Å². The second kappa shape index (κ2) is 7.98. The van der Waals surface area contributed by atoms with E-state index in [1.54, 1.807) is 25.1 Å². The van der Waals surface area contributed by atoms with Crippen LogP contribution in [0, 0.1) is 0 Å². The van der Waals surface area contributed by atoms with Crippen molar-refractivity contribution in [3.63, 3.8) is 0 Å². The first-order chi connectivity index (χ1) is 11.1. The van der Waals surface area contributed by atoms with Gasteiger partial charge in [-0.1, -0.05) is 54.6 Å². The summed E-state index contributed by atoms with van der Waals surface area (Å²) in [5.74, 6) is -1.46. The minimum atomic E-state index is -0.877. The fraction of sp³-hybridized carbons (Fsp3) is 0.222. The summed E-state index contributed by atoms with van der Waals surface area (Å²) in [6.07, 6.45) is -0.509. The van der Waals surface area contributed by atoms with E-state index in [1.807, 2.05) is 36.4 Å². The van der Waals surface area contributed by atoms with E-state index in [-0.39, 0.29) is 13.2 Å². The fourth-order valence-electron chi connectivity index (χ4n) is 2.06. The van der Waals surface area contributed by atoms with Crippen molar-refractivity contribution in [1.82, 2.24) is 5.32 Å². The highest BCUT2D eigenvalue weighted by atomic mass is 16.5. The number of amides is 1. The number of carboxylic acids is 1. The van der Waals surface area contributed by atoms with E-state index in [9.17, 15) is 9.59 Å². The van der Waals surface area contributed by atoms with Gasteiger partial charge < -0.3 is 15.2 Å². The lowest BCUT2D eigenvalue weighted by Gasteiger charge is -2.10. The Labute approximate surface area is 134 Å². The molecule has 23 heavy (non-hydrogen) atoms. The van der Waals surface area contributed by atoms with E-state index < -0.39 is 18.0 Å². The molecular weight excluding hydrogens is 294 g/mol. The number of hydrogen-bond acceptors (Lipinski definition) is 3. The number of nitrogens with one attached hydrogen (secondary N) is 1. The Morgan fingerprint density at radius 3 is 2.48 bits per heavy atom. The second-order valence-electron chi connectivity index (χ2n) is 5.22. The third-order valence-corrected chi connectivity index (χ3v) is 3.47. The van der Waals surface area contributed by atoms with Crippen molar-refractivity contribution in [3.8, 4) is 0 Å². The van der Waals surface area contributed by atoms with Crippen molar-refractivity contribution in [2.24, 2.45) is 0 Å². The van der Waals surface area contributed by atoms with Crippen LogP contribution in [0.25, 0.3) is 0 Å². The van der Waals surface area contributed by atoms with E-state index >= 15 is 0 Å². The Morgan fingerprint density at radius 1 is 1.09 bits per heavy atom. The molecule has 0 bridgehead atoms. The highest BCUT2D eigenvalue weighted by Gasteiger charge is 2.13. The molecule has 2 N–H and O–H groups in total. The summed E-state index contributed by atoms with van der Waals surface area (Å²) in [6, 6.07) is 16.6. The SMILES string of the molecule is CC(C(=O)O)c1cccc(CNC(=O)OCc2ccccc2)c1. The van der Waals surface area contributed by atoms with Crippen LogP contribution in [0.4, 0.5) is 4.79 Å². The normalized spacial score (nSPS) is 11.5. The van der Waals surface area contributed by atoms with Gasteiger partial charge in [0.15, 0.2) is 0 Å². The number of carboxylic acid groups (broad SMARTS) is 1. The third-order valence-electron chi connectivity index (χ3n) is 3.47. The van der Waals surface area contributed by atoms with Crippen LogP contribution < -0.4 is 5.32 Å². The molecule has 0 saturated heterocycles. The predicted molar refractivity (Wildman–Crippen MR) is 86.0 cm³/mol. The summed E-state index contributed by atoms with van der Waals surface area (Å²) in [4.78, 5) is 22.7. The average Bonchev–Trinajstić information content (AvgIpc) is 2.58. The highest BCUT2D eigenvalue weighted by Crippen LogP contribution is 2.16. The lowest BCUT2D eigenvalue weighted by molar-refractivity contribution is -0.138. The van der Waals surface area contributed by atoms with Gasteiger partial charge in [0.1, 0.15) is 6.61 Å². The fourth-order valence-corrected chi connectivity index (χ4v) is 2.06. The zero-order valence-electron chi connectivity index (χ0n) is 12.9. The number of aliphatic carboxylic acids is 1. The van der Waals surface area contributed by atoms with Crippen LogP contribution in [-0.4, -0.2) is 17.2 Å². The molecule has 0 fully saturated rings. The summed E-state index contributed by atoms with van der Waals surface area (Å²) in [5.41, 5.74) is 2.45. The number of hydrogen-bond donors (Lipinski definition) is 2. The van der Waals surface area contributed by atoms with E-state index in [0.717, 1.165) is 11.1 Å². The van der Waals surface area contributed by atoms with Crippen LogP contribution >= 0.6 is 0 Å². The molecule has 0 spiro atoms. The van der Waals surface area contributed by atoms with Crippen LogP contribution in [0.3, 0.4) is 0 Å². The lowest BCUT2D eigenvalue weighted by atomic mass is 9.99. The van der Waals surface area contributed by atoms with E-state index in [2.05, 4.69) is 5.32 Å². The molecule has 2 aromatic rings. The molecule has 2 rings (SSSR count). The van der Waals surface area contributed by atoms with Gasteiger partial charge in [0.25, 0.3) is 0 Å². The number of rotatable bonds is 6. The Balaban J connectivity index is 1.84. The van der Waals surface area contributed by atoms with Gasteiger partial charge in [-0.2, -0.15) is 0 Å². The van der Waals surface area contributed by atoms with Gasteiger partial charge in [-0.05, 0) is 23.6 Å². The Hall–Kier alpha value is -2.82.